The van der Waals surface area contributed by atoms with E-state index >= 15 is 0 Å². The van der Waals surface area contributed by atoms with Crippen LogP contribution in [-0.4, -0.2) is 75.7 Å². The van der Waals surface area contributed by atoms with E-state index in [-0.39, 0.29) is 31.6 Å². The molecular formula is C26H33N3O7S. The molecule has 0 spiro atoms. The molecule has 0 radical (unpaired) electrons. The summed E-state index contributed by atoms with van der Waals surface area (Å²) in [5.41, 5.74) is 2.37. The monoisotopic (exact) mass is 531 g/mol. The summed E-state index contributed by atoms with van der Waals surface area (Å²) >= 11 is 1.42. The lowest BCUT2D eigenvalue weighted by molar-refractivity contribution is -0.141. The molecule has 1 aromatic carbocycles. The average Bonchev–Trinajstić information content (AvgIpc) is 3.56. The van der Waals surface area contributed by atoms with Gasteiger partial charge in [-0.05, 0) is 37.3 Å². The molecule has 200 valence electrons. The lowest BCUT2D eigenvalue weighted by Crippen LogP contribution is -2.39. The Hall–Kier alpha value is -3.02. The van der Waals surface area contributed by atoms with Crippen molar-refractivity contribution in [2.45, 2.75) is 38.3 Å². The van der Waals surface area contributed by atoms with Gasteiger partial charge in [0.15, 0.2) is 5.17 Å². The van der Waals surface area contributed by atoms with E-state index in [9.17, 15) is 9.59 Å². The minimum atomic E-state index is -0.615. The second kappa shape index (κ2) is 12.5. The maximum atomic E-state index is 13.3. The van der Waals surface area contributed by atoms with Gasteiger partial charge in [0.1, 0.15) is 18.1 Å². The average molecular weight is 532 g/mol. The van der Waals surface area contributed by atoms with E-state index in [2.05, 4.69) is 5.32 Å². The Balaban J connectivity index is 1.65. The molecule has 1 N–H and O–H groups in total. The van der Waals surface area contributed by atoms with Crippen LogP contribution in [0.15, 0.2) is 45.6 Å². The van der Waals surface area contributed by atoms with Crippen LogP contribution in [0.5, 0.6) is 11.5 Å². The van der Waals surface area contributed by atoms with Gasteiger partial charge in [0.2, 0.25) is 5.91 Å². The van der Waals surface area contributed by atoms with Gasteiger partial charge in [0.05, 0.1) is 50.7 Å². The molecule has 0 saturated carbocycles. The van der Waals surface area contributed by atoms with Crippen LogP contribution in [0.2, 0.25) is 0 Å². The molecular weight excluding hydrogens is 498 g/mol. The van der Waals surface area contributed by atoms with Gasteiger partial charge in [-0.25, -0.2) is 9.79 Å². The molecule has 0 aliphatic carbocycles. The van der Waals surface area contributed by atoms with E-state index < -0.39 is 12.0 Å². The number of hydrogen-bond donors (Lipinski definition) is 1. The van der Waals surface area contributed by atoms with Gasteiger partial charge >= 0.3 is 5.97 Å². The number of benzene rings is 1. The SMILES string of the molecule is COCCOC(=O)C1=C(C)N=C2SC=C(CC(=O)NC[C@@H]3CCCO3)N2[C@H]1c1ccc(OC)cc1OC. The number of allylic oxidation sites excluding steroid dienone is 1. The zero-order chi connectivity index (χ0) is 26.4. The third kappa shape index (κ3) is 6.11. The van der Waals surface area contributed by atoms with E-state index in [0.717, 1.165) is 30.7 Å². The normalized spacial score (nSPS) is 20.8. The first-order valence-corrected chi connectivity index (χ1v) is 13.1. The molecule has 3 heterocycles. The van der Waals surface area contributed by atoms with E-state index in [1.54, 1.807) is 34.3 Å². The summed E-state index contributed by atoms with van der Waals surface area (Å²) in [6.07, 6.45) is 2.13. The highest BCUT2D eigenvalue weighted by atomic mass is 32.2. The number of carbonyl (C=O) groups excluding carboxylic acids is 2. The summed E-state index contributed by atoms with van der Waals surface area (Å²) in [5.74, 6) is 0.536. The van der Waals surface area contributed by atoms with Gasteiger partial charge in [0, 0.05) is 37.6 Å². The summed E-state index contributed by atoms with van der Waals surface area (Å²) in [5, 5.41) is 5.56. The fraction of sp³-hybridized carbons (Fsp3) is 0.500. The molecule has 0 unspecified atom stereocenters. The van der Waals surface area contributed by atoms with Crippen LogP contribution in [0.1, 0.15) is 37.8 Å². The van der Waals surface area contributed by atoms with Crippen molar-refractivity contribution in [3.63, 3.8) is 0 Å². The van der Waals surface area contributed by atoms with Gasteiger partial charge in [0.25, 0.3) is 0 Å². The summed E-state index contributed by atoms with van der Waals surface area (Å²) in [7, 11) is 4.69. The molecule has 1 aromatic rings. The van der Waals surface area contributed by atoms with Gasteiger partial charge in [-0.3, -0.25) is 4.79 Å². The van der Waals surface area contributed by atoms with Crippen LogP contribution in [0, 0.1) is 0 Å². The molecule has 3 aliphatic rings. The number of hydrogen-bond acceptors (Lipinski definition) is 10. The zero-order valence-electron chi connectivity index (χ0n) is 21.6. The van der Waals surface area contributed by atoms with Crippen molar-refractivity contribution in [1.29, 1.82) is 0 Å². The van der Waals surface area contributed by atoms with E-state index in [1.165, 1.54) is 11.8 Å². The van der Waals surface area contributed by atoms with Gasteiger partial charge < -0.3 is 33.9 Å². The molecule has 1 saturated heterocycles. The number of amides is 1. The quantitative estimate of drug-likeness (QED) is 0.340. The van der Waals surface area contributed by atoms with Crippen molar-refractivity contribution in [2.24, 2.45) is 4.99 Å². The second-order valence-electron chi connectivity index (χ2n) is 8.75. The van der Waals surface area contributed by atoms with Crippen LogP contribution in [0.3, 0.4) is 0 Å². The van der Waals surface area contributed by atoms with Crippen molar-refractivity contribution >= 4 is 28.8 Å². The van der Waals surface area contributed by atoms with Crippen LogP contribution in [-0.2, 0) is 23.8 Å². The van der Waals surface area contributed by atoms with Gasteiger partial charge in [-0.1, -0.05) is 11.8 Å². The lowest BCUT2D eigenvalue weighted by atomic mass is 9.93. The Morgan fingerprint density at radius 2 is 2.05 bits per heavy atom. The molecule has 0 bridgehead atoms. The number of carbonyl (C=O) groups is 2. The Labute approximate surface area is 221 Å². The maximum absolute atomic E-state index is 13.3. The summed E-state index contributed by atoms with van der Waals surface area (Å²) in [6.45, 7) is 3.38. The lowest BCUT2D eigenvalue weighted by Gasteiger charge is -2.36. The molecule has 3 aliphatic heterocycles. The number of thioether (sulfide) groups is 1. The number of fused-ring (bicyclic) bond motifs is 1. The Kier molecular flexibility index (Phi) is 9.12. The third-order valence-electron chi connectivity index (χ3n) is 6.37. The Morgan fingerprint density at radius 3 is 2.76 bits per heavy atom. The van der Waals surface area contributed by atoms with Crippen LogP contribution in [0.4, 0.5) is 0 Å². The van der Waals surface area contributed by atoms with Crippen molar-refractivity contribution in [2.75, 3.05) is 47.7 Å². The fourth-order valence-corrected chi connectivity index (χ4v) is 5.49. The van der Waals surface area contributed by atoms with Crippen molar-refractivity contribution in [3.05, 3.63) is 46.1 Å². The number of ether oxygens (including phenoxy) is 5. The maximum Gasteiger partial charge on any atom is 0.338 e. The largest absolute Gasteiger partial charge is 0.497 e. The number of methoxy groups -OCH3 is 3. The predicted molar refractivity (Wildman–Crippen MR) is 139 cm³/mol. The van der Waals surface area contributed by atoms with Crippen LogP contribution < -0.4 is 14.8 Å². The van der Waals surface area contributed by atoms with E-state index in [0.29, 0.717) is 34.5 Å². The first-order chi connectivity index (χ1) is 18.0. The molecule has 0 aromatic heterocycles. The Bertz CT molecular complexity index is 1110. The first kappa shape index (κ1) is 27.0. The van der Waals surface area contributed by atoms with Crippen LogP contribution >= 0.6 is 11.8 Å². The van der Waals surface area contributed by atoms with E-state index in [4.69, 9.17) is 28.7 Å². The highest BCUT2D eigenvalue weighted by Gasteiger charge is 2.42. The summed E-state index contributed by atoms with van der Waals surface area (Å²) in [4.78, 5) is 32.8. The molecule has 1 fully saturated rings. The fourth-order valence-electron chi connectivity index (χ4n) is 4.52. The van der Waals surface area contributed by atoms with Crippen LogP contribution in [0.25, 0.3) is 0 Å². The van der Waals surface area contributed by atoms with Gasteiger partial charge in [-0.2, -0.15) is 0 Å². The number of nitrogens with one attached hydrogen (secondary N) is 1. The molecule has 11 heteroatoms. The number of rotatable bonds is 11. The zero-order valence-corrected chi connectivity index (χ0v) is 22.4. The number of amidine groups is 1. The van der Waals surface area contributed by atoms with Crippen molar-refractivity contribution in [1.82, 2.24) is 10.2 Å². The van der Waals surface area contributed by atoms with Gasteiger partial charge in [-0.15, -0.1) is 0 Å². The first-order valence-electron chi connectivity index (χ1n) is 12.2. The smallest absolute Gasteiger partial charge is 0.338 e. The number of nitrogens with zero attached hydrogens (tertiary/aromatic N) is 2. The van der Waals surface area contributed by atoms with Crippen molar-refractivity contribution < 1.29 is 33.3 Å². The number of aliphatic imine (C=N–C) groups is 1. The molecule has 4 rings (SSSR count). The third-order valence-corrected chi connectivity index (χ3v) is 7.26. The standard InChI is InChI=1S/C26H33N3O7S/c1-16-23(25(31)36-11-10-32-2)24(20-8-7-18(33-3)13-21(20)34-4)29-17(15-37-26(29)28-16)12-22(30)27-14-19-6-5-9-35-19/h7-8,13,15,19,24H,5-6,9-12,14H2,1-4H3,(H,27,30)/t19-,24-/m0/s1. The number of esters is 1. The summed E-state index contributed by atoms with van der Waals surface area (Å²) < 4.78 is 27.3. The Morgan fingerprint density at radius 1 is 1.22 bits per heavy atom. The minimum Gasteiger partial charge on any atom is -0.497 e. The topological polar surface area (TPSA) is 108 Å². The van der Waals surface area contributed by atoms with Crippen molar-refractivity contribution in [3.8, 4) is 11.5 Å². The predicted octanol–water partition coefficient (Wildman–Crippen LogP) is 3.15. The summed E-state index contributed by atoms with van der Waals surface area (Å²) in [6, 6.07) is 4.83. The second-order valence-corrected chi connectivity index (χ2v) is 9.58. The molecule has 37 heavy (non-hydrogen) atoms. The highest BCUT2D eigenvalue weighted by molar-refractivity contribution is 8.16. The highest BCUT2D eigenvalue weighted by Crippen LogP contribution is 2.47. The molecule has 2 atom stereocenters. The van der Waals surface area contributed by atoms with E-state index in [1.807, 2.05) is 22.4 Å². The molecule has 10 nitrogen and oxygen atoms in total. The minimum absolute atomic E-state index is 0.0540. The molecule has 1 amide bonds.